The number of H-pyrrole nitrogens is 1. The zero-order valence-corrected chi connectivity index (χ0v) is 10.7. The van der Waals surface area contributed by atoms with Gasteiger partial charge in [-0.05, 0) is 33.1 Å². The Bertz CT molecular complexity index is 358. The molecule has 0 aromatic carbocycles. The highest BCUT2D eigenvalue weighted by Gasteiger charge is 2.38. The van der Waals surface area contributed by atoms with Gasteiger partial charge in [0.15, 0.2) is 0 Å². The lowest BCUT2D eigenvalue weighted by molar-refractivity contribution is 0.254. The number of nitrogens with zero attached hydrogens (tertiary/aromatic N) is 2. The summed E-state index contributed by atoms with van der Waals surface area (Å²) >= 11 is 0. The van der Waals surface area contributed by atoms with Crippen LogP contribution in [0.2, 0.25) is 0 Å². The smallest absolute Gasteiger partial charge is 0.0534 e. The van der Waals surface area contributed by atoms with E-state index in [2.05, 4.69) is 34.3 Å². The minimum absolute atomic E-state index is 0.394. The maximum absolute atomic E-state index is 4.01. The van der Waals surface area contributed by atoms with Crippen molar-refractivity contribution in [2.75, 3.05) is 6.54 Å². The summed E-state index contributed by atoms with van der Waals surface area (Å²) in [5.41, 5.74) is 1.25. The van der Waals surface area contributed by atoms with Gasteiger partial charge in [0, 0.05) is 42.5 Å². The van der Waals surface area contributed by atoms with Crippen molar-refractivity contribution < 1.29 is 0 Å². The maximum Gasteiger partial charge on any atom is 0.0534 e. The first-order valence-electron chi connectivity index (χ1n) is 6.74. The molecule has 94 valence electrons. The van der Waals surface area contributed by atoms with Crippen molar-refractivity contribution in [1.82, 2.24) is 20.4 Å². The van der Waals surface area contributed by atoms with Crippen molar-refractivity contribution in [3.63, 3.8) is 0 Å². The minimum Gasteiger partial charge on any atom is -0.306 e. The molecule has 3 atom stereocenters. The van der Waals surface area contributed by atoms with Crippen LogP contribution < -0.4 is 5.32 Å². The number of aromatic amines is 1. The Morgan fingerprint density at radius 2 is 2.35 bits per heavy atom. The van der Waals surface area contributed by atoms with Crippen LogP contribution in [-0.2, 0) is 0 Å². The van der Waals surface area contributed by atoms with Crippen LogP contribution in [0.5, 0.6) is 0 Å². The average Bonchev–Trinajstić information content (AvgIpc) is 2.86. The number of hydrogen-bond donors (Lipinski definition) is 2. The molecule has 3 rings (SSSR count). The van der Waals surface area contributed by atoms with Crippen molar-refractivity contribution in [3.05, 3.63) is 18.0 Å². The fourth-order valence-corrected chi connectivity index (χ4v) is 3.04. The van der Waals surface area contributed by atoms with E-state index in [1.807, 2.05) is 12.4 Å². The van der Waals surface area contributed by atoms with Crippen molar-refractivity contribution >= 4 is 0 Å². The molecular formula is C13H22N4. The summed E-state index contributed by atoms with van der Waals surface area (Å²) in [7, 11) is 0. The number of hydrogen-bond acceptors (Lipinski definition) is 3. The second-order valence-electron chi connectivity index (χ2n) is 5.63. The van der Waals surface area contributed by atoms with Gasteiger partial charge in [-0.15, -0.1) is 0 Å². The predicted octanol–water partition coefficient (Wildman–Crippen LogP) is 1.69. The molecule has 2 heterocycles. The number of likely N-dealkylation sites (tertiary alicyclic amines) is 1. The van der Waals surface area contributed by atoms with Crippen molar-refractivity contribution in [1.29, 1.82) is 0 Å². The first kappa shape index (κ1) is 11.2. The van der Waals surface area contributed by atoms with Gasteiger partial charge in [-0.1, -0.05) is 0 Å². The summed E-state index contributed by atoms with van der Waals surface area (Å²) < 4.78 is 0. The highest BCUT2D eigenvalue weighted by atomic mass is 15.3. The first-order valence-corrected chi connectivity index (χ1v) is 6.74. The standard InChI is InChI=1S/C13H22N4/c1-9-5-12(8-17(9)13-3-4-13)16-10(2)11-6-14-15-7-11/h6-7,9-10,12-13,16H,3-5,8H2,1-2H3,(H,14,15). The summed E-state index contributed by atoms with van der Waals surface area (Å²) in [6.45, 7) is 5.80. The van der Waals surface area contributed by atoms with Crippen LogP contribution in [0.1, 0.15) is 44.7 Å². The molecule has 4 heteroatoms. The molecule has 1 saturated carbocycles. The Labute approximate surface area is 103 Å². The van der Waals surface area contributed by atoms with E-state index in [4.69, 9.17) is 0 Å². The van der Waals surface area contributed by atoms with Gasteiger partial charge in [0.25, 0.3) is 0 Å². The Morgan fingerprint density at radius 3 is 3.00 bits per heavy atom. The van der Waals surface area contributed by atoms with Crippen LogP contribution in [0.4, 0.5) is 0 Å². The lowest BCUT2D eigenvalue weighted by atomic mass is 10.1. The van der Waals surface area contributed by atoms with Crippen LogP contribution >= 0.6 is 0 Å². The number of rotatable bonds is 4. The third-order valence-corrected chi connectivity index (χ3v) is 4.14. The van der Waals surface area contributed by atoms with Gasteiger partial charge >= 0.3 is 0 Å². The minimum atomic E-state index is 0.394. The molecule has 2 aliphatic rings. The van der Waals surface area contributed by atoms with Crippen molar-refractivity contribution in [2.24, 2.45) is 0 Å². The second kappa shape index (κ2) is 4.42. The van der Waals surface area contributed by atoms with E-state index in [1.54, 1.807) is 0 Å². The summed E-state index contributed by atoms with van der Waals surface area (Å²) in [6.07, 6.45) is 7.99. The van der Waals surface area contributed by atoms with Gasteiger partial charge in [0.1, 0.15) is 0 Å². The summed E-state index contributed by atoms with van der Waals surface area (Å²) in [5, 5.41) is 10.6. The monoisotopic (exact) mass is 234 g/mol. The average molecular weight is 234 g/mol. The molecule has 2 N–H and O–H groups in total. The molecule has 1 aliphatic heterocycles. The predicted molar refractivity (Wildman–Crippen MR) is 67.7 cm³/mol. The van der Waals surface area contributed by atoms with Crippen molar-refractivity contribution in [3.8, 4) is 0 Å². The van der Waals surface area contributed by atoms with Gasteiger partial charge in [-0.3, -0.25) is 10.00 Å². The van der Waals surface area contributed by atoms with Crippen LogP contribution in [0.25, 0.3) is 0 Å². The quantitative estimate of drug-likeness (QED) is 0.833. The lowest BCUT2D eigenvalue weighted by Gasteiger charge is -2.20. The van der Waals surface area contributed by atoms with Gasteiger partial charge in [-0.2, -0.15) is 5.10 Å². The zero-order valence-electron chi connectivity index (χ0n) is 10.7. The molecule has 1 aromatic rings. The first-order chi connectivity index (χ1) is 8.24. The van der Waals surface area contributed by atoms with Gasteiger partial charge in [-0.25, -0.2) is 0 Å². The highest BCUT2D eigenvalue weighted by molar-refractivity contribution is 5.09. The summed E-state index contributed by atoms with van der Waals surface area (Å²) in [6, 6.07) is 2.66. The van der Waals surface area contributed by atoms with E-state index in [0.717, 1.165) is 12.1 Å². The second-order valence-corrected chi connectivity index (χ2v) is 5.63. The number of nitrogens with one attached hydrogen (secondary N) is 2. The normalized spacial score (nSPS) is 31.9. The van der Waals surface area contributed by atoms with Crippen LogP contribution in [-0.4, -0.2) is 39.8 Å². The molecule has 1 aromatic heterocycles. The Hall–Kier alpha value is -0.870. The molecule has 0 bridgehead atoms. The Morgan fingerprint density at radius 1 is 1.53 bits per heavy atom. The Kier molecular flexibility index (Phi) is 2.92. The van der Waals surface area contributed by atoms with Gasteiger partial charge < -0.3 is 5.32 Å². The van der Waals surface area contributed by atoms with E-state index in [9.17, 15) is 0 Å². The highest BCUT2D eigenvalue weighted by Crippen LogP contribution is 2.33. The third-order valence-electron chi connectivity index (χ3n) is 4.14. The van der Waals surface area contributed by atoms with E-state index in [0.29, 0.717) is 12.1 Å². The van der Waals surface area contributed by atoms with Gasteiger partial charge in [0.2, 0.25) is 0 Å². The molecule has 1 saturated heterocycles. The molecule has 1 aliphatic carbocycles. The molecule has 0 radical (unpaired) electrons. The Balaban J connectivity index is 1.56. The van der Waals surface area contributed by atoms with Crippen LogP contribution in [0.3, 0.4) is 0 Å². The SMILES string of the molecule is CC(NC1CC(C)N(C2CC2)C1)c1cn[nH]c1. The summed E-state index contributed by atoms with van der Waals surface area (Å²) in [4.78, 5) is 2.68. The van der Waals surface area contributed by atoms with Gasteiger partial charge in [0.05, 0.1) is 6.20 Å². The molecule has 0 spiro atoms. The summed E-state index contributed by atoms with van der Waals surface area (Å²) in [5.74, 6) is 0. The van der Waals surface area contributed by atoms with E-state index in [1.165, 1.54) is 31.4 Å². The van der Waals surface area contributed by atoms with E-state index < -0.39 is 0 Å². The fourth-order valence-electron chi connectivity index (χ4n) is 3.04. The zero-order chi connectivity index (χ0) is 11.8. The largest absolute Gasteiger partial charge is 0.306 e. The molecule has 3 unspecified atom stereocenters. The topological polar surface area (TPSA) is 44.0 Å². The van der Waals surface area contributed by atoms with E-state index in [-0.39, 0.29) is 0 Å². The molecular weight excluding hydrogens is 212 g/mol. The lowest BCUT2D eigenvalue weighted by Crippen LogP contribution is -2.35. The third kappa shape index (κ3) is 2.38. The number of aromatic nitrogens is 2. The molecule has 4 nitrogen and oxygen atoms in total. The van der Waals surface area contributed by atoms with Crippen LogP contribution in [0, 0.1) is 0 Å². The maximum atomic E-state index is 4.01. The van der Waals surface area contributed by atoms with Crippen molar-refractivity contribution in [2.45, 2.75) is 57.3 Å². The molecule has 0 amide bonds. The van der Waals surface area contributed by atoms with E-state index >= 15 is 0 Å². The van der Waals surface area contributed by atoms with Crippen LogP contribution in [0.15, 0.2) is 12.4 Å². The molecule has 17 heavy (non-hydrogen) atoms. The fraction of sp³-hybridized carbons (Fsp3) is 0.769. The molecule has 2 fully saturated rings.